The zero-order valence-corrected chi connectivity index (χ0v) is 9.87. The van der Waals surface area contributed by atoms with Crippen molar-refractivity contribution in [2.75, 3.05) is 13.1 Å². The van der Waals surface area contributed by atoms with Gasteiger partial charge in [-0.2, -0.15) is 0 Å². The molecule has 0 N–H and O–H groups in total. The molecule has 0 amide bonds. The first-order valence-electron chi connectivity index (χ1n) is 6.04. The lowest BCUT2D eigenvalue weighted by Crippen LogP contribution is -2.30. The van der Waals surface area contributed by atoms with Crippen LogP contribution in [0.3, 0.4) is 0 Å². The van der Waals surface area contributed by atoms with E-state index in [1.807, 2.05) is 6.20 Å². The van der Waals surface area contributed by atoms with Gasteiger partial charge in [0.05, 0.1) is 6.54 Å². The van der Waals surface area contributed by atoms with E-state index in [1.165, 1.54) is 43.9 Å². The number of hydrogen-bond acceptors (Lipinski definition) is 2. The van der Waals surface area contributed by atoms with Gasteiger partial charge in [-0.1, -0.05) is 6.42 Å². The van der Waals surface area contributed by atoms with Crippen LogP contribution < -0.4 is 0 Å². The minimum Gasteiger partial charge on any atom is -0.332 e. The zero-order valence-electron chi connectivity index (χ0n) is 9.87. The smallest absolute Gasteiger partial charge is 0.123 e. The van der Waals surface area contributed by atoms with Crippen molar-refractivity contribution in [3.05, 3.63) is 17.7 Å². The van der Waals surface area contributed by atoms with Gasteiger partial charge in [0.1, 0.15) is 5.82 Å². The summed E-state index contributed by atoms with van der Waals surface area (Å²) in [6, 6.07) is 0. The number of aromatic nitrogens is 2. The fourth-order valence-corrected chi connectivity index (χ4v) is 2.39. The molecule has 0 bridgehead atoms. The van der Waals surface area contributed by atoms with E-state index in [0.717, 1.165) is 13.1 Å². The van der Waals surface area contributed by atoms with Crippen LogP contribution in [-0.2, 0) is 13.1 Å². The van der Waals surface area contributed by atoms with Gasteiger partial charge in [0.15, 0.2) is 0 Å². The molecule has 3 nitrogen and oxygen atoms in total. The maximum atomic E-state index is 4.50. The van der Waals surface area contributed by atoms with E-state index >= 15 is 0 Å². The van der Waals surface area contributed by atoms with Gasteiger partial charge >= 0.3 is 0 Å². The molecule has 2 rings (SSSR count). The highest BCUT2D eigenvalue weighted by atomic mass is 15.2. The van der Waals surface area contributed by atoms with Crippen molar-refractivity contribution in [2.45, 2.75) is 46.2 Å². The molecule has 2 heterocycles. The second kappa shape index (κ2) is 4.79. The molecule has 84 valence electrons. The van der Waals surface area contributed by atoms with Crippen molar-refractivity contribution in [3.8, 4) is 0 Å². The van der Waals surface area contributed by atoms with Crippen LogP contribution in [-0.4, -0.2) is 27.5 Å². The summed E-state index contributed by atoms with van der Waals surface area (Å²) < 4.78 is 2.31. The molecule has 1 fully saturated rings. The van der Waals surface area contributed by atoms with Crippen molar-refractivity contribution >= 4 is 0 Å². The summed E-state index contributed by atoms with van der Waals surface area (Å²) in [6.07, 6.45) is 6.10. The topological polar surface area (TPSA) is 21.1 Å². The molecule has 1 aliphatic rings. The molecule has 0 atom stereocenters. The zero-order chi connectivity index (χ0) is 10.7. The number of hydrogen-bond donors (Lipinski definition) is 0. The van der Waals surface area contributed by atoms with Gasteiger partial charge < -0.3 is 4.57 Å². The maximum Gasteiger partial charge on any atom is 0.123 e. The van der Waals surface area contributed by atoms with Gasteiger partial charge in [-0.15, -0.1) is 0 Å². The van der Waals surface area contributed by atoms with E-state index in [2.05, 4.69) is 28.3 Å². The monoisotopic (exact) mass is 207 g/mol. The van der Waals surface area contributed by atoms with E-state index < -0.39 is 0 Å². The molecule has 1 aromatic heterocycles. The van der Waals surface area contributed by atoms with E-state index in [1.54, 1.807) is 0 Å². The molecular weight excluding hydrogens is 186 g/mol. The highest BCUT2D eigenvalue weighted by molar-refractivity contribution is 5.03. The van der Waals surface area contributed by atoms with Crippen LogP contribution in [0.1, 0.15) is 37.7 Å². The number of piperidine rings is 1. The average Bonchev–Trinajstić information content (AvgIpc) is 2.61. The fourth-order valence-electron chi connectivity index (χ4n) is 2.39. The summed E-state index contributed by atoms with van der Waals surface area (Å²) in [6.45, 7) is 8.88. The van der Waals surface area contributed by atoms with Crippen LogP contribution in [0, 0.1) is 6.92 Å². The molecule has 0 radical (unpaired) electrons. The second-order valence-corrected chi connectivity index (χ2v) is 4.40. The van der Waals surface area contributed by atoms with Gasteiger partial charge in [-0.25, -0.2) is 4.98 Å². The third kappa shape index (κ3) is 2.40. The van der Waals surface area contributed by atoms with Crippen LogP contribution in [0.15, 0.2) is 6.20 Å². The number of rotatable bonds is 3. The van der Waals surface area contributed by atoms with Crippen molar-refractivity contribution in [2.24, 2.45) is 0 Å². The lowest BCUT2D eigenvalue weighted by molar-refractivity contribution is 0.213. The Hall–Kier alpha value is -0.830. The van der Waals surface area contributed by atoms with Crippen LogP contribution in [0.5, 0.6) is 0 Å². The summed E-state index contributed by atoms with van der Waals surface area (Å²) in [5.74, 6) is 1.23. The van der Waals surface area contributed by atoms with Crippen LogP contribution in [0.2, 0.25) is 0 Å². The molecule has 0 aromatic carbocycles. The second-order valence-electron chi connectivity index (χ2n) is 4.40. The van der Waals surface area contributed by atoms with E-state index in [4.69, 9.17) is 0 Å². The standard InChI is InChI=1S/C12H21N3/c1-3-15-11(2)9-13-12(15)10-14-7-5-4-6-8-14/h9H,3-8,10H2,1-2H3. The van der Waals surface area contributed by atoms with Crippen molar-refractivity contribution < 1.29 is 0 Å². The molecule has 0 spiro atoms. The molecule has 1 aromatic rings. The largest absolute Gasteiger partial charge is 0.332 e. The molecule has 0 aliphatic carbocycles. The van der Waals surface area contributed by atoms with E-state index in [0.29, 0.717) is 0 Å². The molecule has 0 saturated carbocycles. The molecule has 3 heteroatoms. The van der Waals surface area contributed by atoms with Crippen molar-refractivity contribution in [1.29, 1.82) is 0 Å². The van der Waals surface area contributed by atoms with Crippen molar-refractivity contribution in [1.82, 2.24) is 14.5 Å². The number of likely N-dealkylation sites (tertiary alicyclic amines) is 1. The Morgan fingerprint density at radius 1 is 1.27 bits per heavy atom. The van der Waals surface area contributed by atoms with Gasteiger partial charge in [-0.3, -0.25) is 4.90 Å². The minimum atomic E-state index is 1.03. The first-order chi connectivity index (χ1) is 7.31. The maximum absolute atomic E-state index is 4.50. The van der Waals surface area contributed by atoms with E-state index in [9.17, 15) is 0 Å². The van der Waals surface area contributed by atoms with Crippen molar-refractivity contribution in [3.63, 3.8) is 0 Å². The SMILES string of the molecule is CCn1c(C)cnc1CN1CCCCC1. The Balaban J connectivity index is 2.02. The van der Waals surface area contributed by atoms with Gasteiger partial charge in [0, 0.05) is 18.4 Å². The van der Waals surface area contributed by atoms with Gasteiger partial charge in [0.25, 0.3) is 0 Å². The Kier molecular flexibility index (Phi) is 3.41. The van der Waals surface area contributed by atoms with Crippen LogP contribution >= 0.6 is 0 Å². The Labute approximate surface area is 92.1 Å². The Morgan fingerprint density at radius 2 is 2.00 bits per heavy atom. The highest BCUT2D eigenvalue weighted by Crippen LogP contribution is 2.13. The number of nitrogens with zero attached hydrogens (tertiary/aromatic N) is 3. The summed E-state index contributed by atoms with van der Waals surface area (Å²) in [7, 11) is 0. The minimum absolute atomic E-state index is 1.03. The highest BCUT2D eigenvalue weighted by Gasteiger charge is 2.13. The molecular formula is C12H21N3. The molecule has 15 heavy (non-hydrogen) atoms. The van der Waals surface area contributed by atoms with E-state index in [-0.39, 0.29) is 0 Å². The molecule has 1 aliphatic heterocycles. The van der Waals surface area contributed by atoms with Crippen LogP contribution in [0.25, 0.3) is 0 Å². The van der Waals surface area contributed by atoms with Gasteiger partial charge in [-0.05, 0) is 39.8 Å². The quantitative estimate of drug-likeness (QED) is 0.757. The van der Waals surface area contributed by atoms with Crippen LogP contribution in [0.4, 0.5) is 0 Å². The average molecular weight is 207 g/mol. The third-order valence-corrected chi connectivity index (χ3v) is 3.27. The Morgan fingerprint density at radius 3 is 2.67 bits per heavy atom. The predicted octanol–water partition coefficient (Wildman–Crippen LogP) is 2.20. The lowest BCUT2D eigenvalue weighted by Gasteiger charge is -2.26. The predicted molar refractivity (Wildman–Crippen MR) is 61.8 cm³/mol. The molecule has 1 saturated heterocycles. The number of aryl methyl sites for hydroxylation is 1. The first-order valence-corrected chi connectivity index (χ1v) is 6.04. The normalized spacial score (nSPS) is 18.3. The summed E-state index contributed by atoms with van der Waals surface area (Å²) in [4.78, 5) is 7.03. The third-order valence-electron chi connectivity index (χ3n) is 3.27. The number of imidazole rings is 1. The van der Waals surface area contributed by atoms with Gasteiger partial charge in [0.2, 0.25) is 0 Å². The Bertz CT molecular complexity index is 311. The summed E-state index contributed by atoms with van der Waals surface area (Å²) >= 11 is 0. The summed E-state index contributed by atoms with van der Waals surface area (Å²) in [5, 5.41) is 0. The first kappa shape index (κ1) is 10.7. The summed E-state index contributed by atoms with van der Waals surface area (Å²) in [5.41, 5.74) is 1.28. The lowest BCUT2D eigenvalue weighted by atomic mass is 10.1. The fraction of sp³-hybridized carbons (Fsp3) is 0.750. The molecule has 0 unspecified atom stereocenters.